The number of esters is 1. The van der Waals surface area contributed by atoms with E-state index >= 15 is 0 Å². The number of carbonyl (C=O) groups excluding carboxylic acids is 2. The minimum absolute atomic E-state index is 0.0177. The molecule has 1 saturated heterocycles. The quantitative estimate of drug-likeness (QED) is 0.636. The maximum Gasteiger partial charge on any atom is 0.328 e. The predicted octanol–water partition coefficient (Wildman–Crippen LogP) is -0.616. The summed E-state index contributed by atoms with van der Waals surface area (Å²) in [5.74, 6) is -1.03. The number of sulfonamides is 1. The third-order valence-electron chi connectivity index (χ3n) is 3.02. The molecular weight excluding hydrogens is 272 g/mol. The highest BCUT2D eigenvalue weighted by Gasteiger charge is 2.35. The van der Waals surface area contributed by atoms with E-state index in [-0.39, 0.29) is 37.2 Å². The van der Waals surface area contributed by atoms with Crippen molar-refractivity contribution in [2.45, 2.75) is 32.7 Å². The molecule has 1 heterocycles. The molecule has 19 heavy (non-hydrogen) atoms. The number of nitrogens with one attached hydrogen (secondary N) is 2. The summed E-state index contributed by atoms with van der Waals surface area (Å²) < 4.78 is 30.1. The van der Waals surface area contributed by atoms with Gasteiger partial charge < -0.3 is 10.1 Å². The van der Waals surface area contributed by atoms with Crippen LogP contribution in [0.5, 0.6) is 0 Å². The Kier molecular flexibility index (Phi) is 5.74. The van der Waals surface area contributed by atoms with Crippen molar-refractivity contribution in [2.24, 2.45) is 5.92 Å². The number of ether oxygens (including phenoxy) is 1. The normalized spacial score (nSPS) is 23.8. The van der Waals surface area contributed by atoms with Gasteiger partial charge in [0.1, 0.15) is 6.04 Å². The Morgan fingerprint density at radius 1 is 1.47 bits per heavy atom. The van der Waals surface area contributed by atoms with E-state index in [0.717, 1.165) is 0 Å². The molecule has 0 saturated carbocycles. The average molecular weight is 292 g/mol. The lowest BCUT2D eigenvalue weighted by atomic mass is 9.90. The molecule has 1 aliphatic heterocycles. The monoisotopic (exact) mass is 292 g/mol. The van der Waals surface area contributed by atoms with Gasteiger partial charge in [-0.25, -0.2) is 17.9 Å². The van der Waals surface area contributed by atoms with Crippen molar-refractivity contribution in [3.63, 3.8) is 0 Å². The van der Waals surface area contributed by atoms with Crippen LogP contribution in [-0.2, 0) is 24.3 Å². The second kappa shape index (κ2) is 6.85. The summed E-state index contributed by atoms with van der Waals surface area (Å²) in [4.78, 5) is 23.1. The molecule has 0 aliphatic carbocycles. The summed E-state index contributed by atoms with van der Waals surface area (Å²) in [6, 6.07) is -0.777. The Morgan fingerprint density at radius 2 is 2.16 bits per heavy atom. The molecule has 0 bridgehead atoms. The lowest BCUT2D eigenvalue weighted by molar-refractivity contribution is -0.150. The molecular formula is C11H20N2O5S. The predicted molar refractivity (Wildman–Crippen MR) is 68.8 cm³/mol. The van der Waals surface area contributed by atoms with Crippen LogP contribution in [0, 0.1) is 5.92 Å². The van der Waals surface area contributed by atoms with Crippen LogP contribution in [0.15, 0.2) is 0 Å². The standard InChI is InChI=1S/C11H20N2O5S/c1-3-18-11(15)10-8(5-6-9(14)13-10)7-12-19(16,17)4-2/h8,10,12H,3-7H2,1-2H3,(H,13,14). The van der Waals surface area contributed by atoms with Crippen molar-refractivity contribution in [3.05, 3.63) is 0 Å². The molecule has 7 nitrogen and oxygen atoms in total. The van der Waals surface area contributed by atoms with Crippen molar-refractivity contribution in [1.82, 2.24) is 10.0 Å². The minimum atomic E-state index is -3.31. The third-order valence-corrected chi connectivity index (χ3v) is 4.38. The van der Waals surface area contributed by atoms with E-state index in [1.165, 1.54) is 6.92 Å². The van der Waals surface area contributed by atoms with Gasteiger partial charge in [-0.05, 0) is 20.3 Å². The first-order valence-corrected chi connectivity index (χ1v) is 7.98. The van der Waals surface area contributed by atoms with Gasteiger partial charge in [-0.2, -0.15) is 0 Å². The van der Waals surface area contributed by atoms with E-state index in [9.17, 15) is 18.0 Å². The molecule has 0 spiro atoms. The van der Waals surface area contributed by atoms with Crippen molar-refractivity contribution in [2.75, 3.05) is 18.9 Å². The first kappa shape index (κ1) is 15.9. The Bertz CT molecular complexity index is 434. The molecule has 0 aromatic rings. The molecule has 2 N–H and O–H groups in total. The number of rotatable bonds is 6. The fourth-order valence-electron chi connectivity index (χ4n) is 1.89. The number of hydrogen-bond acceptors (Lipinski definition) is 5. The second-order valence-corrected chi connectivity index (χ2v) is 6.44. The van der Waals surface area contributed by atoms with Crippen molar-refractivity contribution in [3.8, 4) is 0 Å². The lowest BCUT2D eigenvalue weighted by Gasteiger charge is -2.30. The SMILES string of the molecule is CCOC(=O)C1NC(=O)CCC1CNS(=O)(=O)CC. The zero-order chi connectivity index (χ0) is 14.5. The third kappa shape index (κ3) is 4.79. The van der Waals surface area contributed by atoms with Crippen LogP contribution >= 0.6 is 0 Å². The minimum Gasteiger partial charge on any atom is -0.464 e. The van der Waals surface area contributed by atoms with Crippen LogP contribution in [0.2, 0.25) is 0 Å². The maximum absolute atomic E-state index is 11.7. The van der Waals surface area contributed by atoms with Crippen LogP contribution in [-0.4, -0.2) is 45.2 Å². The zero-order valence-corrected chi connectivity index (χ0v) is 12.0. The largest absolute Gasteiger partial charge is 0.464 e. The van der Waals surface area contributed by atoms with Gasteiger partial charge in [0, 0.05) is 18.9 Å². The molecule has 0 radical (unpaired) electrons. The highest BCUT2D eigenvalue weighted by molar-refractivity contribution is 7.89. The van der Waals surface area contributed by atoms with Gasteiger partial charge in [-0.1, -0.05) is 0 Å². The Labute approximate surface area is 113 Å². The molecule has 0 aromatic heterocycles. The molecule has 1 rings (SSSR count). The number of amides is 1. The molecule has 0 aromatic carbocycles. The Hall–Kier alpha value is -1.15. The molecule has 1 aliphatic rings. The Morgan fingerprint density at radius 3 is 2.74 bits per heavy atom. The van der Waals surface area contributed by atoms with Crippen molar-refractivity contribution >= 4 is 21.9 Å². The summed E-state index contributed by atoms with van der Waals surface area (Å²) in [6.07, 6.45) is 0.746. The first-order chi connectivity index (χ1) is 8.89. The fourth-order valence-corrected chi connectivity index (χ4v) is 2.56. The van der Waals surface area contributed by atoms with Gasteiger partial charge >= 0.3 is 5.97 Å². The summed E-state index contributed by atoms with van der Waals surface area (Å²) in [5, 5.41) is 2.56. The molecule has 1 fully saturated rings. The highest BCUT2D eigenvalue weighted by Crippen LogP contribution is 2.18. The molecule has 2 atom stereocenters. The van der Waals surface area contributed by atoms with Gasteiger partial charge in [-0.15, -0.1) is 0 Å². The van der Waals surface area contributed by atoms with Gasteiger partial charge in [0.05, 0.1) is 12.4 Å². The highest BCUT2D eigenvalue weighted by atomic mass is 32.2. The van der Waals surface area contributed by atoms with Crippen molar-refractivity contribution in [1.29, 1.82) is 0 Å². The lowest BCUT2D eigenvalue weighted by Crippen LogP contribution is -2.53. The second-order valence-electron chi connectivity index (χ2n) is 4.35. The van der Waals surface area contributed by atoms with Crippen molar-refractivity contribution < 1.29 is 22.7 Å². The number of carbonyl (C=O) groups is 2. The van der Waals surface area contributed by atoms with E-state index in [4.69, 9.17) is 4.74 Å². The average Bonchev–Trinajstić information content (AvgIpc) is 2.37. The molecule has 110 valence electrons. The zero-order valence-electron chi connectivity index (χ0n) is 11.1. The Balaban J connectivity index is 2.67. The fraction of sp³-hybridized carbons (Fsp3) is 0.818. The molecule has 1 amide bonds. The van der Waals surface area contributed by atoms with E-state index in [1.54, 1.807) is 6.92 Å². The van der Waals surface area contributed by atoms with Gasteiger partial charge in [0.15, 0.2) is 0 Å². The summed E-state index contributed by atoms with van der Waals surface area (Å²) in [5.41, 5.74) is 0. The van der Waals surface area contributed by atoms with E-state index < -0.39 is 22.0 Å². The van der Waals surface area contributed by atoms with Gasteiger partial charge in [0.2, 0.25) is 15.9 Å². The van der Waals surface area contributed by atoms with Gasteiger partial charge in [0.25, 0.3) is 0 Å². The van der Waals surface area contributed by atoms with Crippen LogP contribution < -0.4 is 10.0 Å². The summed E-state index contributed by atoms with van der Waals surface area (Å²) in [7, 11) is -3.31. The van der Waals surface area contributed by atoms with E-state index in [0.29, 0.717) is 6.42 Å². The number of hydrogen-bond donors (Lipinski definition) is 2. The first-order valence-electron chi connectivity index (χ1n) is 6.33. The van der Waals surface area contributed by atoms with E-state index in [1.807, 2.05) is 0 Å². The van der Waals surface area contributed by atoms with Crippen LogP contribution in [0.1, 0.15) is 26.7 Å². The number of piperidine rings is 1. The molecule has 8 heteroatoms. The van der Waals surface area contributed by atoms with E-state index in [2.05, 4.69) is 10.0 Å². The van der Waals surface area contributed by atoms with Crippen LogP contribution in [0.25, 0.3) is 0 Å². The van der Waals surface area contributed by atoms with Crippen LogP contribution in [0.3, 0.4) is 0 Å². The smallest absolute Gasteiger partial charge is 0.328 e. The van der Waals surface area contributed by atoms with Gasteiger partial charge in [-0.3, -0.25) is 4.79 Å². The topological polar surface area (TPSA) is 102 Å². The van der Waals surface area contributed by atoms with Crippen LogP contribution in [0.4, 0.5) is 0 Å². The molecule has 2 unspecified atom stereocenters. The summed E-state index contributed by atoms with van der Waals surface area (Å²) in [6.45, 7) is 3.56. The summed E-state index contributed by atoms with van der Waals surface area (Å²) >= 11 is 0. The maximum atomic E-state index is 11.7.